The largest absolute Gasteiger partial charge is 0.374 e. The molecular weight excluding hydrogens is 178 g/mol. The van der Waals surface area contributed by atoms with Crippen LogP contribution in [0.25, 0.3) is 0 Å². The molecule has 0 fully saturated rings. The third-order valence-electron chi connectivity index (χ3n) is 1.81. The van der Waals surface area contributed by atoms with Crippen molar-refractivity contribution in [2.24, 2.45) is 0 Å². The molecule has 1 aromatic heterocycles. The van der Waals surface area contributed by atoms with E-state index in [2.05, 4.69) is 15.6 Å². The van der Waals surface area contributed by atoms with E-state index in [-0.39, 0.29) is 11.9 Å². The maximum Gasteiger partial charge on any atom is 0.242 e. The molecule has 0 aromatic carbocycles. The summed E-state index contributed by atoms with van der Waals surface area (Å²) in [6, 6.07) is 3.43. The van der Waals surface area contributed by atoms with Crippen LogP contribution in [0.1, 0.15) is 13.8 Å². The number of carbonyl (C=O) groups is 1. The summed E-state index contributed by atoms with van der Waals surface area (Å²) in [7, 11) is 0. The zero-order valence-electron chi connectivity index (χ0n) is 8.45. The Morgan fingerprint density at radius 3 is 2.71 bits per heavy atom. The summed E-state index contributed by atoms with van der Waals surface area (Å²) < 4.78 is 0. The molecule has 1 atom stereocenters. The molecule has 1 rings (SSSR count). The molecule has 0 saturated heterocycles. The maximum absolute atomic E-state index is 11.4. The van der Waals surface area contributed by atoms with E-state index >= 15 is 0 Å². The molecule has 1 unspecified atom stereocenters. The lowest BCUT2D eigenvalue weighted by molar-refractivity contribution is -0.121. The van der Waals surface area contributed by atoms with E-state index in [1.165, 1.54) is 0 Å². The lowest BCUT2D eigenvalue weighted by atomic mass is 10.3. The van der Waals surface area contributed by atoms with Crippen molar-refractivity contribution in [3.63, 3.8) is 0 Å². The average molecular weight is 193 g/mol. The molecule has 14 heavy (non-hydrogen) atoms. The van der Waals surface area contributed by atoms with Gasteiger partial charge in [-0.25, -0.2) is 0 Å². The first-order valence-corrected chi connectivity index (χ1v) is 4.68. The molecule has 4 heteroatoms. The predicted molar refractivity (Wildman–Crippen MR) is 56.0 cm³/mol. The van der Waals surface area contributed by atoms with E-state index in [1.807, 2.05) is 26.0 Å². The third kappa shape index (κ3) is 3.05. The number of nitrogens with zero attached hydrogens (tertiary/aromatic N) is 1. The highest BCUT2D eigenvalue weighted by atomic mass is 16.2. The monoisotopic (exact) mass is 193 g/mol. The van der Waals surface area contributed by atoms with Gasteiger partial charge in [-0.3, -0.25) is 9.78 Å². The van der Waals surface area contributed by atoms with Crippen LogP contribution in [0, 0.1) is 0 Å². The number of anilines is 1. The van der Waals surface area contributed by atoms with Gasteiger partial charge in [0.2, 0.25) is 5.91 Å². The number of aromatic nitrogens is 1. The first kappa shape index (κ1) is 10.5. The van der Waals surface area contributed by atoms with Crippen molar-refractivity contribution in [3.8, 4) is 0 Å². The molecule has 0 spiro atoms. The second kappa shape index (κ2) is 5.21. The van der Waals surface area contributed by atoms with Gasteiger partial charge in [0.1, 0.15) is 6.04 Å². The van der Waals surface area contributed by atoms with Crippen LogP contribution in [0.2, 0.25) is 0 Å². The average Bonchev–Trinajstić information content (AvgIpc) is 2.19. The fourth-order valence-corrected chi connectivity index (χ4v) is 1.09. The van der Waals surface area contributed by atoms with Crippen LogP contribution in [0.5, 0.6) is 0 Å². The van der Waals surface area contributed by atoms with Gasteiger partial charge in [-0.15, -0.1) is 0 Å². The van der Waals surface area contributed by atoms with E-state index in [1.54, 1.807) is 12.4 Å². The number of hydrogen-bond acceptors (Lipinski definition) is 3. The molecule has 0 aliphatic rings. The second-order valence-corrected chi connectivity index (χ2v) is 3.00. The topological polar surface area (TPSA) is 54.0 Å². The van der Waals surface area contributed by atoms with Crippen LogP contribution >= 0.6 is 0 Å². The Balaban J connectivity index is 2.49. The number of rotatable bonds is 4. The molecule has 0 saturated carbocycles. The van der Waals surface area contributed by atoms with Gasteiger partial charge in [0.25, 0.3) is 0 Å². The number of pyridine rings is 1. The maximum atomic E-state index is 11.4. The summed E-state index contributed by atoms with van der Waals surface area (Å²) in [6.45, 7) is 4.38. The van der Waals surface area contributed by atoms with Crippen molar-refractivity contribution < 1.29 is 4.79 Å². The molecular formula is C10H15N3O. The van der Waals surface area contributed by atoms with Gasteiger partial charge < -0.3 is 10.6 Å². The predicted octanol–water partition coefficient (Wildman–Crippen LogP) is 1.02. The summed E-state index contributed by atoms with van der Waals surface area (Å²) >= 11 is 0. The molecule has 4 nitrogen and oxygen atoms in total. The summed E-state index contributed by atoms with van der Waals surface area (Å²) in [5.41, 5.74) is 0.902. The Kier molecular flexibility index (Phi) is 3.91. The van der Waals surface area contributed by atoms with Gasteiger partial charge in [0.15, 0.2) is 0 Å². The van der Waals surface area contributed by atoms with Gasteiger partial charge in [-0.2, -0.15) is 0 Å². The van der Waals surface area contributed by atoms with Crippen LogP contribution in [-0.4, -0.2) is 23.5 Å². The summed E-state index contributed by atoms with van der Waals surface area (Å²) in [4.78, 5) is 15.3. The highest BCUT2D eigenvalue weighted by molar-refractivity contribution is 5.84. The molecule has 1 amide bonds. The molecule has 2 N–H and O–H groups in total. The Morgan fingerprint density at radius 2 is 2.14 bits per heavy atom. The quantitative estimate of drug-likeness (QED) is 0.750. The number of likely N-dealkylation sites (N-methyl/N-ethyl adjacent to an activating group) is 1. The zero-order valence-corrected chi connectivity index (χ0v) is 8.45. The minimum atomic E-state index is -0.225. The van der Waals surface area contributed by atoms with Crippen LogP contribution < -0.4 is 10.6 Å². The van der Waals surface area contributed by atoms with E-state index in [0.717, 1.165) is 5.69 Å². The minimum absolute atomic E-state index is 0.00399. The van der Waals surface area contributed by atoms with Gasteiger partial charge in [0, 0.05) is 24.6 Å². The Hall–Kier alpha value is -1.58. The second-order valence-electron chi connectivity index (χ2n) is 3.00. The lowest BCUT2D eigenvalue weighted by Crippen LogP contribution is -2.37. The summed E-state index contributed by atoms with van der Waals surface area (Å²) in [6.07, 6.45) is 3.37. The van der Waals surface area contributed by atoms with E-state index in [4.69, 9.17) is 0 Å². The molecule has 0 aliphatic carbocycles. The molecule has 0 radical (unpaired) electrons. The van der Waals surface area contributed by atoms with Crippen molar-refractivity contribution in [1.82, 2.24) is 10.3 Å². The lowest BCUT2D eigenvalue weighted by Gasteiger charge is -2.13. The fourth-order valence-electron chi connectivity index (χ4n) is 1.09. The first-order valence-electron chi connectivity index (χ1n) is 4.68. The zero-order chi connectivity index (χ0) is 10.4. The number of nitrogens with one attached hydrogen (secondary N) is 2. The van der Waals surface area contributed by atoms with Crippen molar-refractivity contribution in [2.75, 3.05) is 11.9 Å². The van der Waals surface area contributed by atoms with Crippen LogP contribution in [0.4, 0.5) is 5.69 Å². The normalized spacial score (nSPS) is 11.9. The standard InChI is InChI=1S/C10H15N3O/c1-3-12-10(14)8(2)13-9-4-6-11-7-5-9/h4-8H,3H2,1-2H3,(H,11,13)(H,12,14). The Morgan fingerprint density at radius 1 is 1.50 bits per heavy atom. The van der Waals surface area contributed by atoms with E-state index in [0.29, 0.717) is 6.54 Å². The smallest absolute Gasteiger partial charge is 0.242 e. The van der Waals surface area contributed by atoms with Crippen molar-refractivity contribution in [1.29, 1.82) is 0 Å². The summed E-state index contributed by atoms with van der Waals surface area (Å²) in [5.74, 6) is 0.00399. The number of carbonyl (C=O) groups excluding carboxylic acids is 1. The van der Waals surface area contributed by atoms with Gasteiger partial charge in [-0.1, -0.05) is 0 Å². The van der Waals surface area contributed by atoms with Crippen molar-refractivity contribution in [2.45, 2.75) is 19.9 Å². The van der Waals surface area contributed by atoms with Crippen molar-refractivity contribution >= 4 is 11.6 Å². The number of amides is 1. The van der Waals surface area contributed by atoms with Crippen LogP contribution in [0.15, 0.2) is 24.5 Å². The minimum Gasteiger partial charge on any atom is -0.374 e. The van der Waals surface area contributed by atoms with Gasteiger partial charge in [0.05, 0.1) is 0 Å². The third-order valence-corrected chi connectivity index (χ3v) is 1.81. The van der Waals surface area contributed by atoms with Crippen LogP contribution in [-0.2, 0) is 4.79 Å². The summed E-state index contributed by atoms with van der Waals surface area (Å²) in [5, 5.41) is 5.82. The Labute approximate surface area is 83.7 Å². The number of hydrogen-bond donors (Lipinski definition) is 2. The fraction of sp³-hybridized carbons (Fsp3) is 0.400. The highest BCUT2D eigenvalue weighted by Crippen LogP contribution is 2.05. The molecule has 1 heterocycles. The molecule has 0 bridgehead atoms. The van der Waals surface area contributed by atoms with Crippen LogP contribution in [0.3, 0.4) is 0 Å². The van der Waals surface area contributed by atoms with Gasteiger partial charge in [-0.05, 0) is 26.0 Å². The van der Waals surface area contributed by atoms with E-state index < -0.39 is 0 Å². The first-order chi connectivity index (χ1) is 6.74. The Bertz CT molecular complexity index is 287. The molecule has 76 valence electrons. The molecule has 0 aliphatic heterocycles. The van der Waals surface area contributed by atoms with Gasteiger partial charge >= 0.3 is 0 Å². The highest BCUT2D eigenvalue weighted by Gasteiger charge is 2.10. The van der Waals surface area contributed by atoms with E-state index in [9.17, 15) is 4.79 Å². The SMILES string of the molecule is CCNC(=O)C(C)Nc1ccncc1. The van der Waals surface area contributed by atoms with Crippen molar-refractivity contribution in [3.05, 3.63) is 24.5 Å². The molecule has 1 aromatic rings.